The molecule has 0 spiro atoms. The molecule has 0 bridgehead atoms. The monoisotopic (exact) mass is 483 g/mol. The van der Waals surface area contributed by atoms with Crippen molar-refractivity contribution >= 4 is 28.3 Å². The SMILES string of the molecule is CCOc1ccc(C2c3c(oc4ccc(C)cc4c3=O)C(=O)N2c2ccc(C(C)=O)cc2)cc1OC. The Morgan fingerprint density at radius 2 is 1.75 bits per heavy atom. The lowest BCUT2D eigenvalue weighted by atomic mass is 9.97. The Balaban J connectivity index is 1.76. The molecular weight excluding hydrogens is 458 g/mol. The first-order valence-electron chi connectivity index (χ1n) is 11.7. The highest BCUT2D eigenvalue weighted by Gasteiger charge is 2.44. The molecule has 36 heavy (non-hydrogen) atoms. The van der Waals surface area contributed by atoms with Crippen LogP contribution >= 0.6 is 0 Å². The van der Waals surface area contributed by atoms with Gasteiger partial charge in [0.1, 0.15) is 5.58 Å². The fraction of sp³-hybridized carbons (Fsp3) is 0.207. The molecule has 0 fully saturated rings. The van der Waals surface area contributed by atoms with Gasteiger partial charge >= 0.3 is 0 Å². The fourth-order valence-corrected chi connectivity index (χ4v) is 4.65. The Morgan fingerprint density at radius 3 is 2.42 bits per heavy atom. The van der Waals surface area contributed by atoms with Gasteiger partial charge in [-0.1, -0.05) is 17.7 Å². The average Bonchev–Trinajstić information content (AvgIpc) is 3.17. The molecule has 0 saturated heterocycles. The number of rotatable bonds is 6. The maximum atomic E-state index is 13.8. The maximum Gasteiger partial charge on any atom is 0.295 e. The molecule has 7 heteroatoms. The summed E-state index contributed by atoms with van der Waals surface area (Å²) in [6.45, 7) is 5.72. The molecule has 0 radical (unpaired) electrons. The van der Waals surface area contributed by atoms with Gasteiger partial charge in [-0.05, 0) is 74.9 Å². The number of methoxy groups -OCH3 is 1. The minimum absolute atomic E-state index is 0.00449. The van der Waals surface area contributed by atoms with Crippen LogP contribution in [-0.2, 0) is 0 Å². The lowest BCUT2D eigenvalue weighted by Crippen LogP contribution is -2.29. The summed E-state index contributed by atoms with van der Waals surface area (Å²) in [5.74, 6) is 0.543. The van der Waals surface area contributed by atoms with Crippen molar-refractivity contribution in [3.05, 3.63) is 98.9 Å². The number of aryl methyl sites for hydroxylation is 1. The molecule has 1 aliphatic rings. The van der Waals surface area contributed by atoms with E-state index in [1.807, 2.05) is 26.0 Å². The van der Waals surface area contributed by atoms with E-state index in [-0.39, 0.29) is 22.5 Å². The standard InChI is InChI=1S/C29H25NO6/c1-5-35-23-13-9-19(15-24(23)34-4)26-25-27(32)21-14-16(2)6-12-22(21)36-28(25)29(33)30(26)20-10-7-18(8-11-20)17(3)31/h6-15,26H,5H2,1-4H3. The average molecular weight is 484 g/mol. The van der Waals surface area contributed by atoms with Gasteiger partial charge in [0.15, 0.2) is 22.7 Å². The summed E-state index contributed by atoms with van der Waals surface area (Å²) < 4.78 is 17.2. The number of ether oxygens (including phenoxy) is 2. The number of fused-ring (bicyclic) bond motifs is 2. The van der Waals surface area contributed by atoms with Crippen LogP contribution in [0.1, 0.15) is 57.5 Å². The zero-order valence-electron chi connectivity index (χ0n) is 20.5. The van der Waals surface area contributed by atoms with Crippen molar-refractivity contribution in [3.8, 4) is 11.5 Å². The smallest absolute Gasteiger partial charge is 0.295 e. The van der Waals surface area contributed by atoms with Crippen LogP contribution in [0.25, 0.3) is 11.0 Å². The molecule has 1 unspecified atom stereocenters. The molecule has 1 aromatic heterocycles. The summed E-state index contributed by atoms with van der Waals surface area (Å²) in [6, 6.07) is 16.6. The first kappa shape index (κ1) is 23.4. The van der Waals surface area contributed by atoms with E-state index < -0.39 is 11.9 Å². The second kappa shape index (κ2) is 9.00. The van der Waals surface area contributed by atoms with Gasteiger partial charge in [-0.25, -0.2) is 0 Å². The third-order valence-corrected chi connectivity index (χ3v) is 6.38. The Bertz CT molecular complexity index is 1570. The number of carbonyl (C=O) groups is 2. The summed E-state index contributed by atoms with van der Waals surface area (Å²) in [4.78, 5) is 40.9. The van der Waals surface area contributed by atoms with Gasteiger partial charge in [0.2, 0.25) is 5.76 Å². The van der Waals surface area contributed by atoms with Crippen molar-refractivity contribution in [2.45, 2.75) is 26.8 Å². The van der Waals surface area contributed by atoms with Gasteiger partial charge in [-0.3, -0.25) is 19.3 Å². The first-order chi connectivity index (χ1) is 17.3. The summed E-state index contributed by atoms with van der Waals surface area (Å²) in [5.41, 5.74) is 3.00. The number of nitrogens with zero attached hydrogens (tertiary/aromatic N) is 1. The highest BCUT2D eigenvalue weighted by atomic mass is 16.5. The highest BCUT2D eigenvalue weighted by Crippen LogP contribution is 2.43. The molecule has 0 saturated carbocycles. The van der Waals surface area contributed by atoms with Crippen LogP contribution in [0.15, 0.2) is 69.9 Å². The third-order valence-electron chi connectivity index (χ3n) is 6.38. The van der Waals surface area contributed by atoms with E-state index in [0.29, 0.717) is 45.9 Å². The molecule has 182 valence electrons. The molecule has 1 aliphatic heterocycles. The summed E-state index contributed by atoms with van der Waals surface area (Å²) in [7, 11) is 1.54. The minimum atomic E-state index is -0.763. The van der Waals surface area contributed by atoms with Crippen LogP contribution in [-0.4, -0.2) is 25.4 Å². The van der Waals surface area contributed by atoms with E-state index in [9.17, 15) is 14.4 Å². The molecule has 4 aromatic rings. The van der Waals surface area contributed by atoms with Gasteiger partial charge < -0.3 is 13.9 Å². The number of anilines is 1. The van der Waals surface area contributed by atoms with E-state index in [2.05, 4.69) is 0 Å². The van der Waals surface area contributed by atoms with E-state index in [0.717, 1.165) is 5.56 Å². The quantitative estimate of drug-likeness (QED) is 0.339. The van der Waals surface area contributed by atoms with E-state index >= 15 is 0 Å². The lowest BCUT2D eigenvalue weighted by Gasteiger charge is -2.26. The zero-order valence-corrected chi connectivity index (χ0v) is 20.5. The molecular formula is C29H25NO6. The first-order valence-corrected chi connectivity index (χ1v) is 11.7. The van der Waals surface area contributed by atoms with Gasteiger partial charge in [-0.15, -0.1) is 0 Å². The summed E-state index contributed by atoms with van der Waals surface area (Å²) >= 11 is 0. The third kappa shape index (κ3) is 3.73. The lowest BCUT2D eigenvalue weighted by molar-refractivity contribution is 0.0970. The molecule has 0 N–H and O–H groups in total. The van der Waals surface area contributed by atoms with Crippen molar-refractivity contribution in [3.63, 3.8) is 0 Å². The largest absolute Gasteiger partial charge is 0.493 e. The molecule has 5 rings (SSSR count). The fourth-order valence-electron chi connectivity index (χ4n) is 4.65. The molecule has 1 amide bonds. The van der Waals surface area contributed by atoms with Crippen molar-refractivity contribution in [2.75, 3.05) is 18.6 Å². The Kier molecular flexibility index (Phi) is 5.84. The van der Waals surface area contributed by atoms with Crippen molar-refractivity contribution < 1.29 is 23.5 Å². The second-order valence-electron chi connectivity index (χ2n) is 8.70. The van der Waals surface area contributed by atoms with E-state index in [1.54, 1.807) is 48.5 Å². The second-order valence-corrected chi connectivity index (χ2v) is 8.70. The van der Waals surface area contributed by atoms with Crippen LogP contribution in [0.4, 0.5) is 5.69 Å². The van der Waals surface area contributed by atoms with Gasteiger partial charge in [0.25, 0.3) is 5.91 Å². The number of carbonyl (C=O) groups excluding carboxylic acids is 2. The van der Waals surface area contributed by atoms with Gasteiger partial charge in [0.05, 0.1) is 30.7 Å². The molecule has 7 nitrogen and oxygen atoms in total. The summed E-state index contributed by atoms with van der Waals surface area (Å²) in [5, 5.41) is 0.415. The Labute approximate surface area is 207 Å². The predicted octanol–water partition coefficient (Wildman–Crippen LogP) is 5.46. The number of Topliss-reactive ketones (excluding diaryl/α,β-unsaturated/α-hetero) is 1. The minimum Gasteiger partial charge on any atom is -0.493 e. The molecule has 0 aliphatic carbocycles. The van der Waals surface area contributed by atoms with Crippen LogP contribution < -0.4 is 19.8 Å². The maximum absolute atomic E-state index is 13.8. The van der Waals surface area contributed by atoms with Crippen LogP contribution in [0, 0.1) is 6.92 Å². The zero-order chi connectivity index (χ0) is 25.6. The van der Waals surface area contributed by atoms with Crippen molar-refractivity contribution in [1.82, 2.24) is 0 Å². The Morgan fingerprint density at radius 1 is 1.00 bits per heavy atom. The number of benzene rings is 3. The summed E-state index contributed by atoms with van der Waals surface area (Å²) in [6.07, 6.45) is 0. The number of amides is 1. The highest BCUT2D eigenvalue weighted by molar-refractivity contribution is 6.11. The normalized spacial score (nSPS) is 14.7. The van der Waals surface area contributed by atoms with Crippen molar-refractivity contribution in [1.29, 1.82) is 0 Å². The Hall–Kier alpha value is -4.39. The van der Waals surface area contributed by atoms with Crippen LogP contribution in [0.3, 0.4) is 0 Å². The molecule has 1 atom stereocenters. The number of ketones is 1. The predicted molar refractivity (Wildman–Crippen MR) is 136 cm³/mol. The van der Waals surface area contributed by atoms with E-state index in [1.165, 1.54) is 18.9 Å². The molecule has 2 heterocycles. The number of hydrogen-bond acceptors (Lipinski definition) is 6. The van der Waals surface area contributed by atoms with Gasteiger partial charge in [0, 0.05) is 11.3 Å². The number of hydrogen-bond donors (Lipinski definition) is 0. The topological polar surface area (TPSA) is 86.0 Å². The van der Waals surface area contributed by atoms with Crippen LogP contribution in [0.2, 0.25) is 0 Å². The van der Waals surface area contributed by atoms with E-state index in [4.69, 9.17) is 13.9 Å². The van der Waals surface area contributed by atoms with Crippen molar-refractivity contribution in [2.24, 2.45) is 0 Å². The van der Waals surface area contributed by atoms with Crippen LogP contribution in [0.5, 0.6) is 11.5 Å². The molecule has 3 aromatic carbocycles. The van der Waals surface area contributed by atoms with Gasteiger partial charge in [-0.2, -0.15) is 0 Å².